The molecule has 1 saturated heterocycles. The number of rotatable bonds is 2. The lowest BCUT2D eigenvalue weighted by Gasteiger charge is -2.50. The van der Waals surface area contributed by atoms with E-state index in [2.05, 4.69) is 58.7 Å². The largest absolute Gasteiger partial charge is 0.309 e. The fourth-order valence-corrected chi connectivity index (χ4v) is 2.38. The SMILES string of the molecule is CCC1(C)CN(C(C)C(C)(C)C)C(C)CN1. The van der Waals surface area contributed by atoms with Crippen molar-refractivity contribution in [3.63, 3.8) is 0 Å². The van der Waals surface area contributed by atoms with E-state index < -0.39 is 0 Å². The molecule has 2 heteroatoms. The van der Waals surface area contributed by atoms with Gasteiger partial charge in [0.25, 0.3) is 0 Å². The molecule has 0 spiro atoms. The molecule has 0 bridgehead atoms. The van der Waals surface area contributed by atoms with Crippen molar-refractivity contribution in [3.8, 4) is 0 Å². The molecule has 0 saturated carbocycles. The first kappa shape index (κ1) is 14.0. The van der Waals surface area contributed by atoms with Gasteiger partial charge in [0.15, 0.2) is 0 Å². The third-order valence-electron chi connectivity index (χ3n) is 4.45. The van der Waals surface area contributed by atoms with Gasteiger partial charge < -0.3 is 5.32 Å². The molecule has 1 aliphatic rings. The second-order valence-electron chi connectivity index (χ2n) is 6.86. The van der Waals surface area contributed by atoms with Crippen molar-refractivity contribution < 1.29 is 0 Å². The Labute approximate surface area is 102 Å². The van der Waals surface area contributed by atoms with Gasteiger partial charge in [-0.1, -0.05) is 27.7 Å². The molecular formula is C14H30N2. The van der Waals surface area contributed by atoms with Gasteiger partial charge >= 0.3 is 0 Å². The predicted molar refractivity (Wildman–Crippen MR) is 71.8 cm³/mol. The number of nitrogens with one attached hydrogen (secondary N) is 1. The summed E-state index contributed by atoms with van der Waals surface area (Å²) in [5, 5.41) is 3.69. The summed E-state index contributed by atoms with van der Waals surface area (Å²) in [5.74, 6) is 0. The highest BCUT2D eigenvalue weighted by Gasteiger charge is 2.37. The minimum Gasteiger partial charge on any atom is -0.309 e. The van der Waals surface area contributed by atoms with Crippen LogP contribution in [0.25, 0.3) is 0 Å². The fourth-order valence-electron chi connectivity index (χ4n) is 2.38. The standard InChI is InChI=1S/C14H30N2/c1-8-14(7)10-16(11(2)9-15-14)12(3)13(4,5)6/h11-12,15H,8-10H2,1-7H3. The zero-order valence-corrected chi connectivity index (χ0v) is 12.2. The number of nitrogens with zero attached hydrogens (tertiary/aromatic N) is 1. The Kier molecular flexibility index (Phi) is 4.07. The molecule has 1 aliphatic heterocycles. The van der Waals surface area contributed by atoms with Crippen LogP contribution >= 0.6 is 0 Å². The number of hydrogen-bond acceptors (Lipinski definition) is 2. The quantitative estimate of drug-likeness (QED) is 0.779. The first-order chi connectivity index (χ1) is 7.19. The van der Waals surface area contributed by atoms with Crippen LogP contribution in [-0.4, -0.2) is 35.6 Å². The monoisotopic (exact) mass is 226 g/mol. The Morgan fingerprint density at radius 2 is 2.00 bits per heavy atom. The van der Waals surface area contributed by atoms with Gasteiger partial charge in [-0.05, 0) is 32.6 Å². The summed E-state index contributed by atoms with van der Waals surface area (Å²) in [6.45, 7) is 18.7. The fraction of sp³-hybridized carbons (Fsp3) is 1.00. The van der Waals surface area contributed by atoms with Crippen LogP contribution in [0, 0.1) is 5.41 Å². The minimum atomic E-state index is 0.298. The van der Waals surface area contributed by atoms with Gasteiger partial charge in [0, 0.05) is 30.7 Å². The molecule has 96 valence electrons. The van der Waals surface area contributed by atoms with Crippen LogP contribution in [0.15, 0.2) is 0 Å². The summed E-state index contributed by atoms with van der Waals surface area (Å²) in [4.78, 5) is 2.68. The van der Waals surface area contributed by atoms with Gasteiger partial charge in [0.05, 0.1) is 0 Å². The topological polar surface area (TPSA) is 15.3 Å². The Morgan fingerprint density at radius 3 is 2.44 bits per heavy atom. The molecule has 1 heterocycles. The Hall–Kier alpha value is -0.0800. The van der Waals surface area contributed by atoms with Crippen LogP contribution in [0.3, 0.4) is 0 Å². The van der Waals surface area contributed by atoms with Crippen molar-refractivity contribution in [1.29, 1.82) is 0 Å². The van der Waals surface area contributed by atoms with Crippen LogP contribution in [0.4, 0.5) is 0 Å². The van der Waals surface area contributed by atoms with E-state index in [1.165, 1.54) is 13.0 Å². The third-order valence-corrected chi connectivity index (χ3v) is 4.45. The molecule has 3 atom stereocenters. The molecule has 16 heavy (non-hydrogen) atoms. The maximum absolute atomic E-state index is 3.69. The van der Waals surface area contributed by atoms with E-state index in [0.29, 0.717) is 23.0 Å². The van der Waals surface area contributed by atoms with Crippen molar-refractivity contribution in [3.05, 3.63) is 0 Å². The van der Waals surface area contributed by atoms with E-state index in [-0.39, 0.29) is 0 Å². The van der Waals surface area contributed by atoms with Gasteiger partial charge in [-0.3, -0.25) is 4.90 Å². The first-order valence-electron chi connectivity index (χ1n) is 6.70. The van der Waals surface area contributed by atoms with Gasteiger partial charge in [0.2, 0.25) is 0 Å². The van der Waals surface area contributed by atoms with Gasteiger partial charge in [-0.2, -0.15) is 0 Å². The maximum Gasteiger partial charge on any atom is 0.0278 e. The lowest BCUT2D eigenvalue weighted by atomic mass is 9.83. The number of hydrogen-bond donors (Lipinski definition) is 1. The van der Waals surface area contributed by atoms with Gasteiger partial charge in [-0.25, -0.2) is 0 Å². The van der Waals surface area contributed by atoms with Crippen LogP contribution < -0.4 is 5.32 Å². The highest BCUT2D eigenvalue weighted by Crippen LogP contribution is 2.29. The lowest BCUT2D eigenvalue weighted by Crippen LogP contribution is -2.65. The molecule has 0 aromatic carbocycles. The smallest absolute Gasteiger partial charge is 0.0278 e. The highest BCUT2D eigenvalue weighted by molar-refractivity contribution is 4.96. The van der Waals surface area contributed by atoms with E-state index >= 15 is 0 Å². The van der Waals surface area contributed by atoms with Crippen molar-refractivity contribution in [2.24, 2.45) is 5.41 Å². The van der Waals surface area contributed by atoms with Gasteiger partial charge in [-0.15, -0.1) is 0 Å². The second kappa shape index (κ2) is 4.66. The predicted octanol–water partition coefficient (Wildman–Crippen LogP) is 2.88. The maximum atomic E-state index is 3.69. The summed E-state index contributed by atoms with van der Waals surface area (Å²) in [5.41, 5.74) is 0.659. The molecule has 0 aromatic rings. The van der Waals surface area contributed by atoms with Crippen molar-refractivity contribution >= 4 is 0 Å². The zero-order valence-electron chi connectivity index (χ0n) is 12.2. The normalized spacial score (nSPS) is 35.1. The molecule has 3 unspecified atom stereocenters. The van der Waals surface area contributed by atoms with E-state index in [1.807, 2.05) is 0 Å². The molecule has 2 nitrogen and oxygen atoms in total. The first-order valence-corrected chi connectivity index (χ1v) is 6.70. The summed E-state index contributed by atoms with van der Waals surface area (Å²) in [7, 11) is 0. The highest BCUT2D eigenvalue weighted by atomic mass is 15.3. The van der Waals surface area contributed by atoms with E-state index in [4.69, 9.17) is 0 Å². The third kappa shape index (κ3) is 2.98. The van der Waals surface area contributed by atoms with E-state index in [0.717, 1.165) is 6.54 Å². The summed E-state index contributed by atoms with van der Waals surface area (Å²) >= 11 is 0. The summed E-state index contributed by atoms with van der Waals surface area (Å²) < 4.78 is 0. The van der Waals surface area contributed by atoms with Crippen molar-refractivity contribution in [2.45, 2.75) is 72.5 Å². The molecule has 1 N–H and O–H groups in total. The van der Waals surface area contributed by atoms with Crippen LogP contribution in [0.1, 0.15) is 54.9 Å². The average molecular weight is 226 g/mol. The van der Waals surface area contributed by atoms with Gasteiger partial charge in [0.1, 0.15) is 0 Å². The molecule has 0 radical (unpaired) electrons. The van der Waals surface area contributed by atoms with Crippen molar-refractivity contribution in [1.82, 2.24) is 10.2 Å². The lowest BCUT2D eigenvalue weighted by molar-refractivity contribution is 0.0168. The Morgan fingerprint density at radius 1 is 1.44 bits per heavy atom. The Balaban J connectivity index is 2.78. The molecular weight excluding hydrogens is 196 g/mol. The van der Waals surface area contributed by atoms with Crippen molar-refractivity contribution in [2.75, 3.05) is 13.1 Å². The molecule has 0 amide bonds. The minimum absolute atomic E-state index is 0.298. The van der Waals surface area contributed by atoms with E-state index in [9.17, 15) is 0 Å². The molecule has 0 aliphatic carbocycles. The molecule has 1 fully saturated rings. The van der Waals surface area contributed by atoms with Crippen LogP contribution in [-0.2, 0) is 0 Å². The summed E-state index contributed by atoms with van der Waals surface area (Å²) in [6.07, 6.45) is 1.20. The summed E-state index contributed by atoms with van der Waals surface area (Å²) in [6, 6.07) is 1.28. The van der Waals surface area contributed by atoms with E-state index in [1.54, 1.807) is 0 Å². The zero-order chi connectivity index (χ0) is 12.6. The molecule has 1 rings (SSSR count). The van der Waals surface area contributed by atoms with Crippen LogP contribution in [0.5, 0.6) is 0 Å². The molecule has 0 aromatic heterocycles. The second-order valence-corrected chi connectivity index (χ2v) is 6.86. The average Bonchev–Trinajstić information content (AvgIpc) is 2.20. The number of piperazine rings is 1. The van der Waals surface area contributed by atoms with Crippen LogP contribution in [0.2, 0.25) is 0 Å². The Bertz CT molecular complexity index is 231.